The van der Waals surface area contributed by atoms with Crippen molar-refractivity contribution in [2.75, 3.05) is 23.7 Å². The molecule has 4 rings (SSSR count). The summed E-state index contributed by atoms with van der Waals surface area (Å²) in [6.45, 7) is 4.19. The third-order valence-corrected chi connectivity index (χ3v) is 6.64. The highest BCUT2D eigenvalue weighted by atomic mass is 35.5. The van der Waals surface area contributed by atoms with Gasteiger partial charge in [0, 0.05) is 28.9 Å². The maximum Gasteiger partial charge on any atom is 0.256 e. The first-order chi connectivity index (χ1) is 18.0. The van der Waals surface area contributed by atoms with Gasteiger partial charge in [0.15, 0.2) is 17.8 Å². The van der Waals surface area contributed by atoms with Crippen molar-refractivity contribution >= 4 is 47.1 Å². The number of hydrogen-bond donors (Lipinski definition) is 2. The highest BCUT2D eigenvalue weighted by Crippen LogP contribution is 2.42. The molecule has 37 heavy (non-hydrogen) atoms. The van der Waals surface area contributed by atoms with E-state index in [0.29, 0.717) is 34.1 Å². The van der Waals surface area contributed by atoms with Gasteiger partial charge in [-0.15, -0.1) is 0 Å². The second-order valence-electron chi connectivity index (χ2n) is 8.37. The van der Waals surface area contributed by atoms with Crippen molar-refractivity contribution in [3.8, 4) is 11.5 Å². The molecule has 3 N–H and O–H groups in total. The fraction of sp³-hybridized carbons (Fsp3) is 0.250. The van der Waals surface area contributed by atoms with E-state index in [-0.39, 0.29) is 19.2 Å². The molecule has 1 heterocycles. The van der Waals surface area contributed by atoms with Crippen molar-refractivity contribution in [2.24, 2.45) is 10.8 Å². The molecule has 0 spiro atoms. The van der Waals surface area contributed by atoms with Crippen LogP contribution in [-0.4, -0.2) is 31.7 Å². The number of ether oxygens (including phenoxy) is 2. The van der Waals surface area contributed by atoms with Gasteiger partial charge in [-0.25, -0.2) is 5.01 Å². The Hall–Kier alpha value is -3.88. The first-order valence-corrected chi connectivity index (χ1v) is 12.4. The van der Waals surface area contributed by atoms with Crippen molar-refractivity contribution < 1.29 is 19.1 Å². The summed E-state index contributed by atoms with van der Waals surface area (Å²) in [6, 6.07) is 11.3. The summed E-state index contributed by atoms with van der Waals surface area (Å²) in [4.78, 5) is 24.3. The number of hydrogen-bond acceptors (Lipinski definition) is 7. The zero-order valence-corrected chi connectivity index (χ0v) is 21.5. The van der Waals surface area contributed by atoms with E-state index >= 15 is 0 Å². The van der Waals surface area contributed by atoms with Crippen LogP contribution in [0, 0.1) is 0 Å². The van der Waals surface area contributed by atoms with E-state index in [4.69, 9.17) is 26.8 Å². The highest BCUT2D eigenvalue weighted by molar-refractivity contribution is 6.36. The van der Waals surface area contributed by atoms with Gasteiger partial charge in [0.2, 0.25) is 6.79 Å². The second kappa shape index (κ2) is 11.9. The van der Waals surface area contributed by atoms with Gasteiger partial charge in [-0.3, -0.25) is 9.59 Å². The third kappa shape index (κ3) is 5.60. The molecule has 1 aliphatic heterocycles. The minimum atomic E-state index is -0.350. The fourth-order valence-corrected chi connectivity index (χ4v) is 4.59. The Morgan fingerprint density at radius 2 is 2.00 bits per heavy atom. The summed E-state index contributed by atoms with van der Waals surface area (Å²) in [7, 11) is 0. The minimum Gasteiger partial charge on any atom is -0.454 e. The third-order valence-electron chi connectivity index (χ3n) is 6.21. The van der Waals surface area contributed by atoms with Gasteiger partial charge < -0.3 is 20.5 Å². The number of aryl methyl sites for hydroxylation is 1. The lowest BCUT2D eigenvalue weighted by Gasteiger charge is -2.30. The highest BCUT2D eigenvalue weighted by Gasteiger charge is 2.26. The number of hydrazone groups is 1. The molecule has 0 radical (unpaired) electrons. The summed E-state index contributed by atoms with van der Waals surface area (Å²) in [5.41, 5.74) is 11.4. The normalized spacial score (nSPS) is 15.1. The number of halogens is 1. The molecule has 8 nitrogen and oxygen atoms in total. The van der Waals surface area contributed by atoms with Crippen molar-refractivity contribution in [3.63, 3.8) is 0 Å². The molecule has 0 bridgehead atoms. The number of rotatable bonds is 9. The molecule has 192 valence electrons. The molecule has 0 saturated carbocycles. The SMILES string of the molecule is C/C=C(Cl)\C(=C/CN)C(=O)Nc1ccc2c(c1)C(N(/N=C/C=O)c1ccc3c(c1)OCO3)=C(CC)CC2. The van der Waals surface area contributed by atoms with Crippen molar-refractivity contribution in [1.82, 2.24) is 0 Å². The van der Waals surface area contributed by atoms with Crippen LogP contribution in [0.1, 0.15) is 37.8 Å². The molecule has 2 aliphatic rings. The second-order valence-corrected chi connectivity index (χ2v) is 8.78. The number of fused-ring (bicyclic) bond motifs is 2. The topological polar surface area (TPSA) is 106 Å². The Bertz CT molecular complexity index is 1330. The zero-order valence-electron chi connectivity index (χ0n) is 20.8. The van der Waals surface area contributed by atoms with E-state index in [1.165, 1.54) is 11.8 Å². The number of allylic oxidation sites excluding steroid dienone is 2. The Morgan fingerprint density at radius 3 is 2.73 bits per heavy atom. The van der Waals surface area contributed by atoms with Crippen LogP contribution in [0.2, 0.25) is 0 Å². The number of nitrogens with zero attached hydrogens (tertiary/aromatic N) is 2. The molecule has 0 unspecified atom stereocenters. The monoisotopic (exact) mass is 520 g/mol. The molecular weight excluding hydrogens is 492 g/mol. The van der Waals surface area contributed by atoms with Gasteiger partial charge in [-0.2, -0.15) is 5.10 Å². The van der Waals surface area contributed by atoms with Gasteiger partial charge in [-0.05, 0) is 61.6 Å². The van der Waals surface area contributed by atoms with E-state index in [1.54, 1.807) is 24.1 Å². The number of nitrogens with one attached hydrogen (secondary N) is 1. The molecule has 0 saturated heterocycles. The lowest BCUT2D eigenvalue weighted by molar-refractivity contribution is -0.112. The summed E-state index contributed by atoms with van der Waals surface area (Å²) >= 11 is 6.24. The molecule has 2 aromatic carbocycles. The van der Waals surface area contributed by atoms with Crippen molar-refractivity contribution in [3.05, 3.63) is 75.9 Å². The van der Waals surface area contributed by atoms with Gasteiger partial charge in [0.25, 0.3) is 5.91 Å². The molecule has 0 atom stereocenters. The maximum atomic E-state index is 13.0. The van der Waals surface area contributed by atoms with Crippen LogP contribution in [0.4, 0.5) is 11.4 Å². The predicted molar refractivity (Wildman–Crippen MR) is 147 cm³/mol. The van der Waals surface area contributed by atoms with Crippen LogP contribution in [0.5, 0.6) is 11.5 Å². The van der Waals surface area contributed by atoms with Crippen LogP contribution in [0.25, 0.3) is 5.70 Å². The maximum absolute atomic E-state index is 13.0. The van der Waals surface area contributed by atoms with Gasteiger partial charge in [-0.1, -0.05) is 36.7 Å². The molecule has 2 aromatic rings. The van der Waals surface area contributed by atoms with Gasteiger partial charge >= 0.3 is 0 Å². The molecule has 1 amide bonds. The lowest BCUT2D eigenvalue weighted by Crippen LogP contribution is -2.22. The number of amides is 1. The summed E-state index contributed by atoms with van der Waals surface area (Å²) in [6.07, 6.45) is 7.60. The average molecular weight is 521 g/mol. The van der Waals surface area contributed by atoms with E-state index in [0.717, 1.165) is 41.8 Å². The quantitative estimate of drug-likeness (QED) is 0.156. The summed E-state index contributed by atoms with van der Waals surface area (Å²) in [5, 5.41) is 9.50. The molecule has 9 heteroatoms. The van der Waals surface area contributed by atoms with Crippen LogP contribution >= 0.6 is 11.6 Å². The first kappa shape index (κ1) is 26.2. The van der Waals surface area contributed by atoms with E-state index in [1.807, 2.05) is 36.4 Å². The number of aldehydes is 1. The standard InChI is InChI=1S/C28H29ClN4O4/c1-3-18-5-6-19-7-8-20(32-28(35)22(11-12-30)24(29)4-2)15-23(19)27(18)33(31-13-14-34)21-9-10-25-26(16-21)37-17-36-25/h4,7-11,13-16H,3,5-6,12,17,30H2,1-2H3,(H,32,35)/b22-11+,24-4+,31-13+. The van der Waals surface area contributed by atoms with E-state index < -0.39 is 0 Å². The van der Waals surface area contributed by atoms with Crippen LogP contribution in [0.3, 0.4) is 0 Å². The predicted octanol–water partition coefficient (Wildman–Crippen LogP) is 5.14. The minimum absolute atomic E-state index is 0.156. The van der Waals surface area contributed by atoms with Gasteiger partial charge in [0.1, 0.15) is 0 Å². The largest absolute Gasteiger partial charge is 0.454 e. The Kier molecular flexibility index (Phi) is 8.43. The number of carbonyl (C=O) groups excluding carboxylic acids is 2. The molecule has 0 aromatic heterocycles. The number of carbonyl (C=O) groups is 2. The van der Waals surface area contributed by atoms with Gasteiger partial charge in [0.05, 0.1) is 23.2 Å². The smallest absolute Gasteiger partial charge is 0.256 e. The molecule has 0 fully saturated rings. The van der Waals surface area contributed by atoms with Crippen molar-refractivity contribution in [1.29, 1.82) is 0 Å². The van der Waals surface area contributed by atoms with E-state index in [2.05, 4.69) is 17.3 Å². The van der Waals surface area contributed by atoms with Crippen LogP contribution < -0.4 is 25.5 Å². The number of benzene rings is 2. The number of nitrogens with two attached hydrogens (primary N) is 1. The zero-order chi connectivity index (χ0) is 26.4. The fourth-order valence-electron chi connectivity index (χ4n) is 4.43. The van der Waals surface area contributed by atoms with Crippen LogP contribution in [0.15, 0.2) is 69.8 Å². The Balaban J connectivity index is 1.78. The number of anilines is 2. The molecular formula is C28H29ClN4O4. The van der Waals surface area contributed by atoms with Crippen LogP contribution in [-0.2, 0) is 16.0 Å². The average Bonchev–Trinajstić information content (AvgIpc) is 3.39. The molecule has 1 aliphatic carbocycles. The first-order valence-electron chi connectivity index (χ1n) is 12.1. The Morgan fingerprint density at radius 1 is 1.19 bits per heavy atom. The van der Waals surface area contributed by atoms with Crippen molar-refractivity contribution in [2.45, 2.75) is 33.1 Å². The van der Waals surface area contributed by atoms with E-state index in [9.17, 15) is 9.59 Å². The Labute approximate surface area is 221 Å². The lowest BCUT2D eigenvalue weighted by atomic mass is 9.87. The summed E-state index contributed by atoms with van der Waals surface area (Å²) in [5.74, 6) is 0.916. The summed E-state index contributed by atoms with van der Waals surface area (Å²) < 4.78 is 11.0.